The number of sulfonamides is 1. The summed E-state index contributed by atoms with van der Waals surface area (Å²) >= 11 is 1.34. The molecule has 5 N–H and O–H groups in total. The Kier molecular flexibility index (Phi) is 10.9. The van der Waals surface area contributed by atoms with Crippen LogP contribution in [0.15, 0.2) is 64.5 Å². The molecule has 2 amide bonds. The number of carboxylic acids is 1. The molecule has 2 aromatic rings. The number of anilines is 1. The molecule has 1 unspecified atom stereocenters. The molecule has 1 fully saturated rings. The lowest BCUT2D eigenvalue weighted by atomic mass is 10.0. The molecule has 44 heavy (non-hydrogen) atoms. The van der Waals surface area contributed by atoms with E-state index in [1.807, 2.05) is 0 Å². The van der Waals surface area contributed by atoms with Crippen LogP contribution in [0, 0.1) is 0 Å². The third-order valence-corrected chi connectivity index (χ3v) is 10.9. The highest BCUT2D eigenvalue weighted by atomic mass is 32.2. The van der Waals surface area contributed by atoms with Crippen molar-refractivity contribution in [2.24, 2.45) is 4.99 Å². The largest absolute Gasteiger partial charge is 0.480 e. The van der Waals surface area contributed by atoms with Gasteiger partial charge in [0, 0.05) is 42.9 Å². The Hall–Kier alpha value is -3.62. The van der Waals surface area contributed by atoms with Crippen molar-refractivity contribution >= 4 is 51.2 Å². The second-order valence-corrected chi connectivity index (χ2v) is 15.1. The quantitative estimate of drug-likeness (QED) is 0.218. The minimum atomic E-state index is -4.04. The SMILES string of the molecule is CC1SC(C)(C)[C@@H](C(=O)N[C@@H](Cc2ccc(NC(=O)CCCNC3=NCCCN3)cc2)C(=O)O)N1S(=O)(=O)c1ccccc1. The van der Waals surface area contributed by atoms with E-state index in [0.29, 0.717) is 30.6 Å². The molecular weight excluding hydrogens is 605 g/mol. The number of nitrogens with zero attached hydrogens (tertiary/aromatic N) is 2. The van der Waals surface area contributed by atoms with Crippen molar-refractivity contribution in [2.75, 3.05) is 25.0 Å². The zero-order valence-corrected chi connectivity index (χ0v) is 26.7. The third kappa shape index (κ3) is 8.30. The number of carboxylic acid groups (broad SMARTS) is 1. The highest BCUT2D eigenvalue weighted by Crippen LogP contribution is 2.46. The number of hydrogen-bond donors (Lipinski definition) is 5. The highest BCUT2D eigenvalue weighted by molar-refractivity contribution is 8.02. The van der Waals surface area contributed by atoms with Gasteiger partial charge in [0.15, 0.2) is 5.96 Å². The standard InChI is InChI=1S/C30H40N6O6S2/c1-20-36(44(41,42)23-9-5-4-6-10-23)26(30(2,3)43-20)27(38)35-24(28(39)40)19-21-12-14-22(15-13-21)34-25(37)11-7-16-31-29-32-17-8-18-33-29/h4-6,9-10,12-15,20,24,26H,7-8,11,16-19H2,1-3H3,(H,34,37)(H,35,38)(H,39,40)(H2,31,32,33)/t20?,24-,26+/m0/s1. The van der Waals surface area contributed by atoms with Crippen molar-refractivity contribution in [1.29, 1.82) is 0 Å². The predicted octanol–water partition coefficient (Wildman–Crippen LogP) is 2.39. The molecule has 0 saturated carbocycles. The molecule has 12 nitrogen and oxygen atoms in total. The predicted molar refractivity (Wildman–Crippen MR) is 171 cm³/mol. The van der Waals surface area contributed by atoms with E-state index >= 15 is 0 Å². The van der Waals surface area contributed by atoms with Crippen LogP contribution in [-0.4, -0.2) is 83.4 Å². The molecule has 3 atom stereocenters. The summed E-state index contributed by atoms with van der Waals surface area (Å²) in [5, 5.41) is 21.2. The van der Waals surface area contributed by atoms with Crippen molar-refractivity contribution in [3.8, 4) is 0 Å². The Morgan fingerprint density at radius 1 is 1.14 bits per heavy atom. The summed E-state index contributed by atoms with van der Waals surface area (Å²) in [6, 6.07) is 12.2. The molecule has 0 radical (unpaired) electrons. The van der Waals surface area contributed by atoms with Gasteiger partial charge in [-0.25, -0.2) is 13.2 Å². The molecule has 0 aromatic heterocycles. The molecule has 14 heteroatoms. The van der Waals surface area contributed by atoms with E-state index in [1.54, 1.807) is 63.2 Å². The molecule has 4 rings (SSSR count). The van der Waals surface area contributed by atoms with Gasteiger partial charge in [-0.2, -0.15) is 4.31 Å². The lowest BCUT2D eigenvalue weighted by molar-refractivity contribution is -0.142. The van der Waals surface area contributed by atoms with Crippen LogP contribution >= 0.6 is 11.8 Å². The van der Waals surface area contributed by atoms with E-state index in [-0.39, 0.29) is 17.2 Å². The van der Waals surface area contributed by atoms with Crippen LogP contribution in [0.5, 0.6) is 0 Å². The minimum absolute atomic E-state index is 0.0276. The molecule has 0 bridgehead atoms. The third-order valence-electron chi connectivity index (χ3n) is 7.38. The molecular formula is C30H40N6O6S2. The van der Waals surface area contributed by atoms with Crippen molar-refractivity contribution in [1.82, 2.24) is 20.3 Å². The first-order valence-corrected chi connectivity index (χ1v) is 16.9. The number of rotatable bonds is 12. The van der Waals surface area contributed by atoms with Crippen LogP contribution in [-0.2, 0) is 30.8 Å². The molecule has 238 valence electrons. The van der Waals surface area contributed by atoms with Gasteiger partial charge in [0.2, 0.25) is 21.8 Å². The van der Waals surface area contributed by atoms with Gasteiger partial charge in [0.25, 0.3) is 0 Å². The van der Waals surface area contributed by atoms with Crippen molar-refractivity contribution in [2.45, 2.75) is 73.6 Å². The zero-order valence-electron chi connectivity index (χ0n) is 25.1. The number of carbonyl (C=O) groups is 3. The number of benzene rings is 2. The van der Waals surface area contributed by atoms with E-state index in [4.69, 9.17) is 0 Å². The molecule has 2 aliphatic rings. The smallest absolute Gasteiger partial charge is 0.326 e. The van der Waals surface area contributed by atoms with E-state index in [1.165, 1.54) is 28.2 Å². The summed E-state index contributed by atoms with van der Waals surface area (Å²) in [7, 11) is -4.04. The van der Waals surface area contributed by atoms with Gasteiger partial charge in [-0.3, -0.25) is 14.6 Å². The van der Waals surface area contributed by atoms with Crippen LogP contribution in [0.2, 0.25) is 0 Å². The number of guanidine groups is 1. The summed E-state index contributed by atoms with van der Waals surface area (Å²) in [6.07, 6.45) is 1.93. The second kappa shape index (κ2) is 14.4. The number of aliphatic imine (C=N–C) groups is 1. The Morgan fingerprint density at radius 2 is 1.84 bits per heavy atom. The van der Waals surface area contributed by atoms with Gasteiger partial charge in [-0.05, 0) is 63.4 Å². The lowest BCUT2D eigenvalue weighted by Crippen LogP contribution is -2.57. The van der Waals surface area contributed by atoms with E-state index in [2.05, 4.69) is 26.3 Å². The fourth-order valence-electron chi connectivity index (χ4n) is 5.29. The number of amides is 2. The summed E-state index contributed by atoms with van der Waals surface area (Å²) in [6.45, 7) is 7.57. The van der Waals surface area contributed by atoms with Crippen LogP contribution in [0.4, 0.5) is 5.69 Å². The monoisotopic (exact) mass is 644 g/mol. The van der Waals surface area contributed by atoms with E-state index in [9.17, 15) is 27.9 Å². The van der Waals surface area contributed by atoms with Crippen molar-refractivity contribution in [3.63, 3.8) is 0 Å². The number of nitrogens with one attached hydrogen (secondary N) is 4. The first-order chi connectivity index (χ1) is 20.9. The molecule has 2 aromatic carbocycles. The van der Waals surface area contributed by atoms with Crippen LogP contribution in [0.25, 0.3) is 0 Å². The van der Waals surface area contributed by atoms with Crippen LogP contribution < -0.4 is 21.3 Å². The van der Waals surface area contributed by atoms with Crippen LogP contribution in [0.1, 0.15) is 45.6 Å². The molecule has 2 aliphatic heterocycles. The van der Waals surface area contributed by atoms with Gasteiger partial charge in [0.05, 0.1) is 10.3 Å². The van der Waals surface area contributed by atoms with E-state index in [0.717, 1.165) is 25.5 Å². The minimum Gasteiger partial charge on any atom is -0.480 e. The van der Waals surface area contributed by atoms with Crippen LogP contribution in [0.3, 0.4) is 0 Å². The Morgan fingerprint density at radius 3 is 2.48 bits per heavy atom. The Balaban J connectivity index is 1.36. The maximum Gasteiger partial charge on any atom is 0.326 e. The molecule has 2 heterocycles. The normalized spacial score (nSPS) is 20.6. The fraction of sp³-hybridized carbons (Fsp3) is 0.467. The lowest BCUT2D eigenvalue weighted by Gasteiger charge is -2.31. The Labute approximate surface area is 262 Å². The summed E-state index contributed by atoms with van der Waals surface area (Å²) < 4.78 is 27.5. The summed E-state index contributed by atoms with van der Waals surface area (Å²) in [5.74, 6) is -1.30. The average Bonchev–Trinajstić information content (AvgIpc) is 3.25. The fourth-order valence-corrected chi connectivity index (χ4v) is 9.05. The number of hydrogen-bond acceptors (Lipinski definition) is 9. The molecule has 0 spiro atoms. The molecule has 1 saturated heterocycles. The number of aliphatic carboxylic acids is 1. The van der Waals surface area contributed by atoms with Gasteiger partial charge >= 0.3 is 5.97 Å². The number of thioether (sulfide) groups is 1. The van der Waals surface area contributed by atoms with Crippen molar-refractivity contribution in [3.05, 3.63) is 60.2 Å². The second-order valence-electron chi connectivity index (χ2n) is 11.3. The Bertz CT molecular complexity index is 1470. The average molecular weight is 645 g/mol. The molecule has 0 aliphatic carbocycles. The van der Waals surface area contributed by atoms with Gasteiger partial charge in [-0.1, -0.05) is 30.3 Å². The maximum absolute atomic E-state index is 13.6. The topological polar surface area (TPSA) is 169 Å². The maximum atomic E-state index is 13.6. The first-order valence-electron chi connectivity index (χ1n) is 14.6. The summed E-state index contributed by atoms with van der Waals surface area (Å²) in [4.78, 5) is 42.6. The first kappa shape index (κ1) is 33.3. The van der Waals surface area contributed by atoms with Crippen molar-refractivity contribution < 1.29 is 27.9 Å². The van der Waals surface area contributed by atoms with Gasteiger partial charge in [-0.15, -0.1) is 11.8 Å². The number of carbonyl (C=O) groups excluding carboxylic acids is 2. The van der Waals surface area contributed by atoms with Gasteiger partial charge < -0.3 is 26.4 Å². The summed E-state index contributed by atoms with van der Waals surface area (Å²) in [5.41, 5.74) is 1.20. The highest BCUT2D eigenvalue weighted by Gasteiger charge is 2.55. The zero-order chi connectivity index (χ0) is 31.9. The van der Waals surface area contributed by atoms with Gasteiger partial charge in [0.1, 0.15) is 12.1 Å². The van der Waals surface area contributed by atoms with E-state index < -0.39 is 44.1 Å².